The van der Waals surface area contributed by atoms with Gasteiger partial charge in [0, 0.05) is 47.3 Å². The van der Waals surface area contributed by atoms with Crippen molar-refractivity contribution >= 4 is 79.7 Å². The zero-order valence-electron chi connectivity index (χ0n) is 47.1. The highest BCUT2D eigenvalue weighted by Gasteiger charge is 2.40. The van der Waals surface area contributed by atoms with Crippen molar-refractivity contribution in [2.24, 2.45) is 0 Å². The number of amides is 6. The quantitative estimate of drug-likeness (QED) is 0.0324. The first-order chi connectivity index (χ1) is 40.8. The first-order valence-corrected chi connectivity index (χ1v) is 29.7. The van der Waals surface area contributed by atoms with Gasteiger partial charge in [0.25, 0.3) is 0 Å². The SMILES string of the molecule is CCCN(C(=O)[C@@H](NC(=O)[C@H](C)NC)c1ccc(OCC#CC#CCOc2ccc([C@H](NC(=O)[C@H](C)NC)C(=O)N3CCC[C@H]3C(=O)Nc3sc(-c4nccs4)nc3-c3ccccc3)cc2)cc1)[C@@H](C)C(=O)Nc1snnc1-c1ccccc1. The van der Waals surface area contributed by atoms with E-state index in [1.54, 1.807) is 89.6 Å². The molecule has 1 aliphatic rings. The lowest BCUT2D eigenvalue weighted by Gasteiger charge is -2.32. The number of aromatic nitrogens is 4. The summed E-state index contributed by atoms with van der Waals surface area (Å²) in [6.45, 7) is 7.47. The Bertz CT molecular complexity index is 3510. The van der Waals surface area contributed by atoms with Crippen LogP contribution in [0.4, 0.5) is 10.0 Å². The molecule has 0 aliphatic carbocycles. The fourth-order valence-corrected chi connectivity index (χ4v) is 11.1. The number of anilines is 2. The first kappa shape index (κ1) is 61.2. The highest BCUT2D eigenvalue weighted by Crippen LogP contribution is 2.39. The Hall–Kier alpha value is -8.84. The van der Waals surface area contributed by atoms with Crippen LogP contribution in [0.25, 0.3) is 32.5 Å². The molecule has 0 spiro atoms. The summed E-state index contributed by atoms with van der Waals surface area (Å²) in [7, 11) is 3.30. The van der Waals surface area contributed by atoms with Gasteiger partial charge >= 0.3 is 0 Å². The number of benzene rings is 4. The molecule has 20 nitrogen and oxygen atoms in total. The van der Waals surface area contributed by atoms with Crippen molar-refractivity contribution in [3.8, 4) is 67.7 Å². The Morgan fingerprint density at radius 2 is 1.27 bits per heavy atom. The van der Waals surface area contributed by atoms with Crippen LogP contribution in [0.5, 0.6) is 11.5 Å². The molecule has 3 aromatic heterocycles. The van der Waals surface area contributed by atoms with Gasteiger partial charge < -0.3 is 51.2 Å². The second kappa shape index (κ2) is 29.9. The fourth-order valence-electron chi connectivity index (χ4n) is 8.88. The van der Waals surface area contributed by atoms with E-state index >= 15 is 0 Å². The third-order valence-corrected chi connectivity index (χ3v) is 16.3. The number of nitrogens with one attached hydrogen (secondary N) is 6. The molecule has 1 fully saturated rings. The second-order valence-corrected chi connectivity index (χ2v) is 22.0. The van der Waals surface area contributed by atoms with Crippen LogP contribution >= 0.6 is 34.2 Å². The average molecular weight is 1190 g/mol. The number of carbonyl (C=O) groups excluding carboxylic acids is 6. The van der Waals surface area contributed by atoms with E-state index in [4.69, 9.17) is 14.5 Å². The van der Waals surface area contributed by atoms with Crippen molar-refractivity contribution in [3.63, 3.8) is 0 Å². The van der Waals surface area contributed by atoms with E-state index in [9.17, 15) is 28.8 Å². The molecule has 6 N–H and O–H groups in total. The van der Waals surface area contributed by atoms with E-state index in [1.807, 2.05) is 73.0 Å². The summed E-state index contributed by atoms with van der Waals surface area (Å²) in [6, 6.07) is 27.2. The fraction of sp³-hybridized carbons (Fsp3) is 0.311. The van der Waals surface area contributed by atoms with Crippen LogP contribution in [0.15, 0.2) is 121 Å². The zero-order chi connectivity index (χ0) is 59.5. The number of likely N-dealkylation sites (tertiary alicyclic amines) is 1. The number of hydrogen-bond donors (Lipinski definition) is 6. The molecule has 6 atom stereocenters. The molecule has 4 heterocycles. The van der Waals surface area contributed by atoms with Gasteiger partial charge in [-0.05, 0) is 113 Å². The average Bonchev–Trinajstić information content (AvgIpc) is 4.57. The molecule has 23 heteroatoms. The monoisotopic (exact) mass is 1190 g/mol. The largest absolute Gasteiger partial charge is 0.481 e. The van der Waals surface area contributed by atoms with E-state index in [1.165, 1.54) is 32.5 Å². The maximum atomic E-state index is 14.5. The maximum absolute atomic E-state index is 14.5. The standard InChI is InChI=1S/C61H64N12O8S3/c1-7-33-72(40(4)54(76)68-57-49(70-71-84-57)42-21-14-11-15-22-42)60(78)50(65-52(74)38(2)62-5)43-24-28-45(29-25-43)80-35-16-8-9-17-36-81-46-30-26-44(27-31-46)51(66-53(75)39(3)63-6)61(79)73-34-18-23-47(73)55(77)69-56-48(41-19-12-10-13-20-41)67-59(83-56)58-64-32-37-82-58/h10-15,19-22,24-32,37-40,47,50-51,62-63H,7,18,23,33-36H2,1-6H3,(H,65,74)(H,66,75)(H,68,76)(H,69,77)/t38-,39-,40-,47-,50-,51-/m0/s1. The summed E-state index contributed by atoms with van der Waals surface area (Å²) >= 11 is 3.81. The molecular weight excluding hydrogens is 1120 g/mol. The molecule has 84 heavy (non-hydrogen) atoms. The summed E-state index contributed by atoms with van der Waals surface area (Å²) in [5, 5.41) is 26.1. The number of carbonyl (C=O) groups is 6. The number of likely N-dealkylation sites (N-methyl/N-ethyl adjacent to an activating group) is 2. The van der Waals surface area contributed by atoms with Crippen molar-refractivity contribution in [1.29, 1.82) is 0 Å². The molecule has 7 aromatic rings. The second-order valence-electron chi connectivity index (χ2n) is 19.3. The third-order valence-electron chi connectivity index (χ3n) is 13.7. The van der Waals surface area contributed by atoms with Crippen molar-refractivity contribution in [2.45, 2.75) is 83.2 Å². The van der Waals surface area contributed by atoms with E-state index in [-0.39, 0.29) is 25.7 Å². The Kier molecular flexibility index (Phi) is 21.8. The van der Waals surface area contributed by atoms with E-state index in [0.29, 0.717) is 74.8 Å². The third kappa shape index (κ3) is 15.6. The van der Waals surface area contributed by atoms with E-state index < -0.39 is 65.8 Å². The molecule has 434 valence electrons. The van der Waals surface area contributed by atoms with Crippen LogP contribution in [0.1, 0.15) is 70.2 Å². The van der Waals surface area contributed by atoms with Gasteiger partial charge in [-0.25, -0.2) is 9.97 Å². The van der Waals surface area contributed by atoms with Gasteiger partial charge in [0.05, 0.1) is 12.1 Å². The maximum Gasteiger partial charge on any atom is 0.250 e. The molecule has 1 aliphatic heterocycles. The van der Waals surface area contributed by atoms with Crippen LogP contribution in [0.3, 0.4) is 0 Å². The Balaban J connectivity index is 0.865. The van der Waals surface area contributed by atoms with Gasteiger partial charge in [0.2, 0.25) is 35.4 Å². The van der Waals surface area contributed by atoms with Crippen molar-refractivity contribution < 1.29 is 38.2 Å². The van der Waals surface area contributed by atoms with Crippen molar-refractivity contribution in [2.75, 3.05) is 51.0 Å². The Morgan fingerprint density at radius 3 is 1.83 bits per heavy atom. The highest BCUT2D eigenvalue weighted by atomic mass is 32.1. The van der Waals surface area contributed by atoms with Crippen LogP contribution in [0.2, 0.25) is 0 Å². The van der Waals surface area contributed by atoms with E-state index in [2.05, 4.69) is 70.2 Å². The van der Waals surface area contributed by atoms with E-state index in [0.717, 1.165) is 27.7 Å². The van der Waals surface area contributed by atoms with Gasteiger partial charge in [-0.2, -0.15) is 0 Å². The molecule has 0 saturated carbocycles. The molecule has 0 unspecified atom stereocenters. The molecule has 0 bridgehead atoms. The van der Waals surface area contributed by atoms with Gasteiger partial charge in [0.15, 0.2) is 10.0 Å². The lowest BCUT2D eigenvalue weighted by molar-refractivity contribution is -0.141. The molecule has 8 rings (SSSR count). The van der Waals surface area contributed by atoms with Crippen molar-refractivity contribution in [1.82, 2.24) is 50.6 Å². The smallest absolute Gasteiger partial charge is 0.250 e. The topological polar surface area (TPSA) is 251 Å². The zero-order valence-corrected chi connectivity index (χ0v) is 49.6. The van der Waals surface area contributed by atoms with Gasteiger partial charge in [-0.1, -0.05) is 108 Å². The van der Waals surface area contributed by atoms with Gasteiger partial charge in [-0.3, -0.25) is 28.8 Å². The molecule has 6 amide bonds. The van der Waals surface area contributed by atoms with Crippen LogP contribution in [-0.4, -0.2) is 129 Å². The lowest BCUT2D eigenvalue weighted by atomic mass is 10.0. The van der Waals surface area contributed by atoms with Gasteiger partial charge in [0.1, 0.15) is 70.3 Å². The number of ether oxygens (including phenoxy) is 2. The summed E-state index contributed by atoms with van der Waals surface area (Å²) < 4.78 is 15.8. The highest BCUT2D eigenvalue weighted by molar-refractivity contribution is 7.23. The summed E-state index contributed by atoms with van der Waals surface area (Å²) in [6.07, 6.45) is 3.28. The van der Waals surface area contributed by atoms with Crippen LogP contribution in [-0.2, 0) is 28.8 Å². The predicted molar refractivity (Wildman–Crippen MR) is 326 cm³/mol. The first-order valence-electron chi connectivity index (χ1n) is 27.2. The molecule has 0 radical (unpaired) electrons. The minimum atomic E-state index is -1.13. The Morgan fingerprint density at radius 1 is 0.702 bits per heavy atom. The number of hydrogen-bond acceptors (Lipinski definition) is 17. The minimum absolute atomic E-state index is 0.00177. The normalized spacial score (nSPS) is 14.4. The number of nitrogens with zero attached hydrogens (tertiary/aromatic N) is 6. The molecular formula is C61H64N12O8S3. The van der Waals surface area contributed by atoms with Crippen molar-refractivity contribution in [3.05, 3.63) is 132 Å². The summed E-state index contributed by atoms with van der Waals surface area (Å²) in [5.74, 6) is 9.66. The molecule has 1 saturated heterocycles. The van der Waals surface area contributed by atoms with Gasteiger partial charge in [-0.15, -0.1) is 16.4 Å². The van der Waals surface area contributed by atoms with Crippen LogP contribution in [0, 0.1) is 23.7 Å². The minimum Gasteiger partial charge on any atom is -0.481 e. The summed E-state index contributed by atoms with van der Waals surface area (Å²) in [5.41, 5.74) is 3.72. The number of rotatable bonds is 24. The lowest BCUT2D eigenvalue weighted by Crippen LogP contribution is -2.52. The van der Waals surface area contributed by atoms with Crippen LogP contribution < -0.4 is 41.4 Å². The summed E-state index contributed by atoms with van der Waals surface area (Å²) in [4.78, 5) is 95.8. The Labute approximate surface area is 499 Å². The molecule has 4 aromatic carbocycles. The predicted octanol–water partition coefficient (Wildman–Crippen LogP) is 7.34. The number of thiazole rings is 2.